The minimum absolute atomic E-state index is 0.143. The van der Waals surface area contributed by atoms with Crippen LogP contribution in [0.5, 0.6) is 5.75 Å². The molecule has 0 spiro atoms. The molecule has 0 atom stereocenters. The highest BCUT2D eigenvalue weighted by molar-refractivity contribution is 7.15. The van der Waals surface area contributed by atoms with Crippen molar-refractivity contribution in [1.29, 1.82) is 0 Å². The van der Waals surface area contributed by atoms with E-state index in [4.69, 9.17) is 0 Å². The molecule has 6 nitrogen and oxygen atoms in total. The largest absolute Gasteiger partial charge is 0.506 e. The average Bonchev–Trinajstić information content (AvgIpc) is 3.50. The Bertz CT molecular complexity index is 1580. The maximum atomic E-state index is 9.79. The van der Waals surface area contributed by atoms with Crippen molar-refractivity contribution in [3.8, 4) is 38.8 Å². The van der Waals surface area contributed by atoms with Crippen molar-refractivity contribution in [2.24, 2.45) is 0 Å². The number of benzene rings is 1. The highest BCUT2D eigenvalue weighted by atomic mass is 32.1. The molecular weight excluding hydrogens is 406 g/mol. The number of H-pyrrole nitrogens is 2. The fraction of sp³-hybridized carbons (Fsp3) is 0.0417. The van der Waals surface area contributed by atoms with Gasteiger partial charge in [0.25, 0.3) is 0 Å². The Morgan fingerprint density at radius 2 is 1.77 bits per heavy atom. The van der Waals surface area contributed by atoms with Gasteiger partial charge in [0.15, 0.2) is 0 Å². The smallest absolute Gasteiger partial charge is 0.134 e. The summed E-state index contributed by atoms with van der Waals surface area (Å²) in [6, 6.07) is 16.1. The summed E-state index contributed by atoms with van der Waals surface area (Å²) in [6.07, 6.45) is 5.00. The molecule has 31 heavy (non-hydrogen) atoms. The van der Waals surface area contributed by atoms with E-state index in [0.717, 1.165) is 54.9 Å². The van der Waals surface area contributed by atoms with Crippen LogP contribution in [0.1, 0.15) is 4.88 Å². The summed E-state index contributed by atoms with van der Waals surface area (Å²) in [6.45, 7) is 2.10. The number of pyridine rings is 2. The summed E-state index contributed by atoms with van der Waals surface area (Å²) < 4.78 is 0. The number of nitrogens with one attached hydrogen (secondary N) is 2. The number of aryl methyl sites for hydroxylation is 1. The second-order valence-electron chi connectivity index (χ2n) is 7.48. The minimum Gasteiger partial charge on any atom is -0.506 e. The van der Waals surface area contributed by atoms with Crippen LogP contribution in [0.25, 0.3) is 54.9 Å². The van der Waals surface area contributed by atoms with E-state index in [-0.39, 0.29) is 5.75 Å². The number of thiophene rings is 1. The van der Waals surface area contributed by atoms with E-state index < -0.39 is 0 Å². The highest BCUT2D eigenvalue weighted by Crippen LogP contribution is 2.36. The SMILES string of the molecule is Cc1ccc(-c2nccc3[nH]c(-c4n[nH]c5ccc(-c6cncc(O)c6)cc45)cc23)s1. The van der Waals surface area contributed by atoms with Crippen LogP contribution in [0.15, 0.2) is 67.1 Å². The number of aromatic amines is 2. The predicted molar refractivity (Wildman–Crippen MR) is 124 cm³/mol. The first-order valence-corrected chi connectivity index (χ1v) is 10.6. The molecular formula is C24H17N5OS. The summed E-state index contributed by atoms with van der Waals surface area (Å²) in [5.74, 6) is 0.143. The summed E-state index contributed by atoms with van der Waals surface area (Å²) in [5, 5.41) is 19.6. The third-order valence-electron chi connectivity index (χ3n) is 5.40. The molecule has 0 aliphatic carbocycles. The molecule has 7 heteroatoms. The zero-order valence-electron chi connectivity index (χ0n) is 16.5. The molecule has 5 aromatic heterocycles. The Labute approximate surface area is 181 Å². The fourth-order valence-corrected chi connectivity index (χ4v) is 4.80. The minimum atomic E-state index is 0.143. The van der Waals surface area contributed by atoms with Crippen molar-refractivity contribution in [1.82, 2.24) is 25.1 Å². The van der Waals surface area contributed by atoms with Gasteiger partial charge < -0.3 is 10.1 Å². The normalized spacial score (nSPS) is 11.5. The van der Waals surface area contributed by atoms with Crippen LogP contribution in [0.4, 0.5) is 0 Å². The second kappa shape index (κ2) is 6.78. The number of rotatable bonds is 3. The first-order chi connectivity index (χ1) is 15.2. The summed E-state index contributed by atoms with van der Waals surface area (Å²) >= 11 is 1.74. The van der Waals surface area contributed by atoms with Gasteiger partial charge in [0, 0.05) is 39.1 Å². The van der Waals surface area contributed by atoms with Crippen molar-refractivity contribution >= 4 is 33.1 Å². The first-order valence-electron chi connectivity index (χ1n) is 9.83. The number of aromatic nitrogens is 5. The van der Waals surface area contributed by atoms with Crippen LogP contribution in [0.2, 0.25) is 0 Å². The third kappa shape index (κ3) is 2.98. The first kappa shape index (κ1) is 17.9. The molecule has 5 heterocycles. The second-order valence-corrected chi connectivity index (χ2v) is 8.77. The van der Waals surface area contributed by atoms with Crippen LogP contribution in [-0.2, 0) is 0 Å². The Balaban J connectivity index is 1.51. The summed E-state index contributed by atoms with van der Waals surface area (Å²) in [5.41, 5.74) is 6.53. The molecule has 0 saturated heterocycles. The molecule has 0 amide bonds. The summed E-state index contributed by atoms with van der Waals surface area (Å²) in [4.78, 5) is 14.7. The molecule has 0 aliphatic heterocycles. The lowest BCUT2D eigenvalue weighted by Crippen LogP contribution is -1.82. The van der Waals surface area contributed by atoms with Crippen LogP contribution in [0.3, 0.4) is 0 Å². The van der Waals surface area contributed by atoms with Crippen molar-refractivity contribution < 1.29 is 5.11 Å². The van der Waals surface area contributed by atoms with E-state index in [2.05, 4.69) is 56.3 Å². The summed E-state index contributed by atoms with van der Waals surface area (Å²) in [7, 11) is 0. The molecule has 0 aliphatic rings. The quantitative estimate of drug-likeness (QED) is 0.330. The topological polar surface area (TPSA) is 90.5 Å². The lowest BCUT2D eigenvalue weighted by Gasteiger charge is -2.02. The fourth-order valence-electron chi connectivity index (χ4n) is 3.92. The van der Waals surface area contributed by atoms with E-state index in [1.807, 2.05) is 24.4 Å². The Morgan fingerprint density at radius 3 is 2.61 bits per heavy atom. The van der Waals surface area contributed by atoms with Crippen LogP contribution in [0, 0.1) is 6.92 Å². The standard InChI is InChI=1S/C24H17N5OS/c1-13-2-5-22(31-13)24-18-10-21(27-19(18)6-7-26-24)23-17-9-14(3-4-20(17)28-29-23)15-8-16(30)12-25-11-15/h2-12,27,30H,1H3,(H,28,29). The number of aromatic hydroxyl groups is 1. The van der Waals surface area contributed by atoms with Crippen LogP contribution < -0.4 is 0 Å². The number of hydrogen-bond acceptors (Lipinski definition) is 5. The molecule has 0 unspecified atom stereocenters. The number of hydrogen-bond donors (Lipinski definition) is 3. The van der Waals surface area contributed by atoms with Crippen molar-refractivity contribution in [2.45, 2.75) is 6.92 Å². The molecule has 3 N–H and O–H groups in total. The van der Waals surface area contributed by atoms with E-state index in [1.54, 1.807) is 23.6 Å². The molecule has 0 saturated carbocycles. The van der Waals surface area contributed by atoms with Gasteiger partial charge in [-0.1, -0.05) is 6.07 Å². The molecule has 6 rings (SSSR count). The van der Waals surface area contributed by atoms with Gasteiger partial charge in [-0.05, 0) is 55.0 Å². The average molecular weight is 424 g/mol. The number of nitrogens with zero attached hydrogens (tertiary/aromatic N) is 3. The van der Waals surface area contributed by atoms with Gasteiger partial charge in [-0.2, -0.15) is 5.10 Å². The highest BCUT2D eigenvalue weighted by Gasteiger charge is 2.15. The van der Waals surface area contributed by atoms with Crippen molar-refractivity contribution in [2.75, 3.05) is 0 Å². The third-order valence-corrected chi connectivity index (χ3v) is 6.40. The van der Waals surface area contributed by atoms with Gasteiger partial charge in [-0.3, -0.25) is 15.1 Å². The van der Waals surface area contributed by atoms with Gasteiger partial charge in [-0.15, -0.1) is 11.3 Å². The zero-order chi connectivity index (χ0) is 20.9. The maximum Gasteiger partial charge on any atom is 0.134 e. The monoisotopic (exact) mass is 423 g/mol. The van der Waals surface area contributed by atoms with Gasteiger partial charge in [0.05, 0.1) is 28.0 Å². The molecule has 6 aromatic rings. The zero-order valence-corrected chi connectivity index (χ0v) is 17.4. The maximum absolute atomic E-state index is 9.79. The van der Waals surface area contributed by atoms with E-state index in [1.165, 1.54) is 11.1 Å². The van der Waals surface area contributed by atoms with Gasteiger partial charge in [-0.25, -0.2) is 0 Å². The van der Waals surface area contributed by atoms with Crippen LogP contribution in [-0.4, -0.2) is 30.3 Å². The lowest BCUT2D eigenvalue weighted by molar-refractivity contribution is 0.473. The van der Waals surface area contributed by atoms with Gasteiger partial charge in [0.2, 0.25) is 0 Å². The molecule has 0 radical (unpaired) electrons. The van der Waals surface area contributed by atoms with Gasteiger partial charge >= 0.3 is 0 Å². The number of fused-ring (bicyclic) bond motifs is 2. The molecule has 150 valence electrons. The Hall–Kier alpha value is -3.97. The molecule has 0 bridgehead atoms. The Morgan fingerprint density at radius 1 is 0.871 bits per heavy atom. The molecule has 1 aromatic carbocycles. The van der Waals surface area contributed by atoms with E-state index >= 15 is 0 Å². The molecule has 0 fully saturated rings. The predicted octanol–water partition coefficient (Wildman–Crippen LogP) is 5.91. The van der Waals surface area contributed by atoms with Crippen LogP contribution >= 0.6 is 11.3 Å². The van der Waals surface area contributed by atoms with Gasteiger partial charge in [0.1, 0.15) is 11.4 Å². The van der Waals surface area contributed by atoms with E-state index in [0.29, 0.717) is 0 Å². The lowest BCUT2D eigenvalue weighted by atomic mass is 10.0. The van der Waals surface area contributed by atoms with Crippen molar-refractivity contribution in [3.63, 3.8) is 0 Å². The van der Waals surface area contributed by atoms with Crippen molar-refractivity contribution in [3.05, 3.63) is 72.0 Å². The Kier molecular flexibility index (Phi) is 3.91. The van der Waals surface area contributed by atoms with E-state index in [9.17, 15) is 5.11 Å².